The van der Waals surface area contributed by atoms with Crippen LogP contribution in [0.15, 0.2) is 48.5 Å². The third-order valence-electron chi connectivity index (χ3n) is 5.91. The highest BCUT2D eigenvalue weighted by Crippen LogP contribution is 2.49. The molecular weight excluding hydrogens is 318 g/mol. The molecule has 2 aliphatic carbocycles. The Morgan fingerprint density at radius 1 is 1.19 bits per heavy atom. The van der Waals surface area contributed by atoms with E-state index in [0.29, 0.717) is 6.54 Å². The van der Waals surface area contributed by atoms with Gasteiger partial charge in [0.2, 0.25) is 0 Å². The van der Waals surface area contributed by atoms with Crippen molar-refractivity contribution in [1.29, 1.82) is 0 Å². The van der Waals surface area contributed by atoms with Gasteiger partial charge in [-0.3, -0.25) is 0 Å². The minimum absolute atomic E-state index is 0.0221. The molecule has 2 N–H and O–H groups in total. The third kappa shape index (κ3) is 2.69. The first-order chi connectivity index (χ1) is 12.7. The summed E-state index contributed by atoms with van der Waals surface area (Å²) in [4.78, 5) is 0. The number of ether oxygens (including phenoxy) is 1. The maximum Gasteiger partial charge on any atom is 0.119 e. The molecule has 1 unspecified atom stereocenters. The van der Waals surface area contributed by atoms with E-state index in [0.717, 1.165) is 31.4 Å². The summed E-state index contributed by atoms with van der Waals surface area (Å²) in [6.45, 7) is 3.11. The second-order valence-electron chi connectivity index (χ2n) is 7.55. The van der Waals surface area contributed by atoms with Gasteiger partial charge in [-0.2, -0.15) is 0 Å². The second-order valence-corrected chi connectivity index (χ2v) is 7.55. The maximum absolute atomic E-state index is 5.84. The minimum atomic E-state index is 0.0221. The zero-order chi connectivity index (χ0) is 18.1. The van der Waals surface area contributed by atoms with Crippen LogP contribution < -0.4 is 20.9 Å². The van der Waals surface area contributed by atoms with E-state index in [1.165, 1.54) is 27.1 Å². The number of hydrogen-bond donors (Lipinski definition) is 1. The van der Waals surface area contributed by atoms with Gasteiger partial charge in [0.15, 0.2) is 0 Å². The SMILES string of the molecule is COc1cccc(CC2(C)C3=c4c(cccc4=CCC3)/C2=C\CCN)c1. The van der Waals surface area contributed by atoms with Gasteiger partial charge >= 0.3 is 0 Å². The summed E-state index contributed by atoms with van der Waals surface area (Å²) in [7, 11) is 1.73. The average molecular weight is 345 g/mol. The van der Waals surface area contributed by atoms with Gasteiger partial charge in [-0.05, 0) is 71.5 Å². The van der Waals surface area contributed by atoms with Crippen LogP contribution in [0.5, 0.6) is 5.75 Å². The lowest BCUT2D eigenvalue weighted by Crippen LogP contribution is -2.31. The molecule has 26 heavy (non-hydrogen) atoms. The van der Waals surface area contributed by atoms with E-state index in [-0.39, 0.29) is 5.41 Å². The van der Waals surface area contributed by atoms with Gasteiger partial charge in [0.05, 0.1) is 7.11 Å². The fourth-order valence-electron chi connectivity index (χ4n) is 4.77. The molecule has 0 aromatic heterocycles. The van der Waals surface area contributed by atoms with Gasteiger partial charge in [-0.25, -0.2) is 0 Å². The lowest BCUT2D eigenvalue weighted by atomic mass is 9.71. The number of hydrogen-bond acceptors (Lipinski definition) is 2. The van der Waals surface area contributed by atoms with Crippen LogP contribution in [0.2, 0.25) is 0 Å². The Labute approximate surface area is 155 Å². The molecule has 4 rings (SSSR count). The van der Waals surface area contributed by atoms with Crippen LogP contribution in [-0.4, -0.2) is 13.7 Å². The van der Waals surface area contributed by atoms with Crippen molar-refractivity contribution in [3.63, 3.8) is 0 Å². The van der Waals surface area contributed by atoms with Gasteiger partial charge in [-0.15, -0.1) is 0 Å². The zero-order valence-electron chi connectivity index (χ0n) is 15.7. The molecule has 2 nitrogen and oxygen atoms in total. The smallest absolute Gasteiger partial charge is 0.119 e. The Bertz CT molecular complexity index is 986. The van der Waals surface area contributed by atoms with Crippen molar-refractivity contribution < 1.29 is 4.74 Å². The van der Waals surface area contributed by atoms with Crippen molar-refractivity contribution in [2.45, 2.75) is 32.6 Å². The molecule has 0 spiro atoms. The largest absolute Gasteiger partial charge is 0.497 e. The Hall–Kier alpha value is -2.32. The number of rotatable bonds is 5. The monoisotopic (exact) mass is 345 g/mol. The Morgan fingerprint density at radius 2 is 2.04 bits per heavy atom. The topological polar surface area (TPSA) is 35.2 Å². The molecule has 2 aromatic carbocycles. The molecule has 0 amide bonds. The van der Waals surface area contributed by atoms with Gasteiger partial charge in [-0.1, -0.05) is 55.0 Å². The van der Waals surface area contributed by atoms with Gasteiger partial charge in [0.25, 0.3) is 0 Å². The normalized spacial score (nSPS) is 22.3. The minimum Gasteiger partial charge on any atom is -0.497 e. The zero-order valence-corrected chi connectivity index (χ0v) is 15.7. The van der Waals surface area contributed by atoms with Crippen molar-refractivity contribution in [3.05, 3.63) is 70.1 Å². The van der Waals surface area contributed by atoms with E-state index in [1.54, 1.807) is 12.7 Å². The van der Waals surface area contributed by atoms with Gasteiger partial charge in [0.1, 0.15) is 5.75 Å². The Balaban J connectivity index is 1.88. The fourth-order valence-corrected chi connectivity index (χ4v) is 4.77. The van der Waals surface area contributed by atoms with Gasteiger partial charge in [0, 0.05) is 5.41 Å². The summed E-state index contributed by atoms with van der Waals surface area (Å²) < 4.78 is 5.45. The molecule has 2 aromatic rings. The maximum atomic E-state index is 5.84. The van der Waals surface area contributed by atoms with Crippen molar-refractivity contribution in [1.82, 2.24) is 0 Å². The molecule has 0 aliphatic heterocycles. The lowest BCUT2D eigenvalue weighted by Gasteiger charge is -2.32. The summed E-state index contributed by atoms with van der Waals surface area (Å²) >= 11 is 0. The molecule has 0 saturated carbocycles. The highest BCUT2D eigenvalue weighted by molar-refractivity contribution is 5.88. The highest BCUT2D eigenvalue weighted by Gasteiger charge is 2.40. The lowest BCUT2D eigenvalue weighted by molar-refractivity contribution is 0.413. The first kappa shape index (κ1) is 17.1. The van der Waals surface area contributed by atoms with Gasteiger partial charge < -0.3 is 10.5 Å². The molecule has 0 bridgehead atoms. The summed E-state index contributed by atoms with van der Waals surface area (Å²) in [5.41, 5.74) is 11.6. The van der Waals surface area contributed by atoms with E-state index < -0.39 is 0 Å². The number of nitrogens with two attached hydrogens (primary N) is 1. The van der Waals surface area contributed by atoms with E-state index in [1.807, 2.05) is 6.07 Å². The van der Waals surface area contributed by atoms with E-state index in [9.17, 15) is 0 Å². The summed E-state index contributed by atoms with van der Waals surface area (Å²) in [5, 5.41) is 2.88. The first-order valence-electron chi connectivity index (χ1n) is 9.54. The van der Waals surface area contributed by atoms with E-state index in [4.69, 9.17) is 10.5 Å². The van der Waals surface area contributed by atoms with Crippen molar-refractivity contribution in [2.24, 2.45) is 11.1 Å². The molecule has 134 valence electrons. The number of benzene rings is 2. The van der Waals surface area contributed by atoms with Crippen molar-refractivity contribution >= 4 is 17.2 Å². The number of allylic oxidation sites excluding steroid dienone is 1. The first-order valence-corrected chi connectivity index (χ1v) is 9.54. The molecule has 2 aliphatic rings. The highest BCUT2D eigenvalue weighted by atomic mass is 16.5. The van der Waals surface area contributed by atoms with Crippen LogP contribution >= 0.6 is 0 Å². The van der Waals surface area contributed by atoms with Crippen LogP contribution in [0.3, 0.4) is 0 Å². The Kier molecular flexibility index (Phi) is 4.46. The van der Waals surface area contributed by atoms with Crippen LogP contribution in [0, 0.1) is 5.41 Å². The van der Waals surface area contributed by atoms with Crippen LogP contribution in [0.1, 0.15) is 37.3 Å². The van der Waals surface area contributed by atoms with Crippen LogP contribution in [0.25, 0.3) is 17.2 Å². The van der Waals surface area contributed by atoms with Crippen molar-refractivity contribution in [2.75, 3.05) is 13.7 Å². The molecular formula is C24H27NO. The third-order valence-corrected chi connectivity index (χ3v) is 5.91. The fraction of sp³-hybridized carbons (Fsp3) is 0.333. The van der Waals surface area contributed by atoms with E-state index in [2.05, 4.69) is 55.5 Å². The average Bonchev–Trinajstić information content (AvgIpc) is 2.90. The molecule has 0 heterocycles. The molecule has 0 fully saturated rings. The molecule has 2 heteroatoms. The predicted molar refractivity (Wildman–Crippen MR) is 109 cm³/mol. The number of methoxy groups -OCH3 is 1. The van der Waals surface area contributed by atoms with Crippen molar-refractivity contribution in [3.8, 4) is 5.75 Å². The second kappa shape index (κ2) is 6.77. The molecule has 0 radical (unpaired) electrons. The molecule has 0 saturated heterocycles. The Morgan fingerprint density at radius 3 is 2.85 bits per heavy atom. The summed E-state index contributed by atoms with van der Waals surface area (Å²) in [6.07, 6.45) is 8.95. The standard InChI is InChI=1S/C24H27NO/c1-24(16-17-7-3-10-19(15-17)26-2)21(13-6-14-25)20-11-4-8-18-9-5-12-22(24)23(18)20/h3-4,7-11,13,15H,5-6,12,14,16,25H2,1-2H3/b21-13+. The summed E-state index contributed by atoms with van der Waals surface area (Å²) in [5.74, 6) is 0.928. The molecule has 1 atom stereocenters. The van der Waals surface area contributed by atoms with Crippen LogP contribution in [0.4, 0.5) is 0 Å². The quantitative estimate of drug-likeness (QED) is 0.901. The predicted octanol–water partition coefficient (Wildman–Crippen LogP) is 3.42. The summed E-state index contributed by atoms with van der Waals surface area (Å²) in [6, 6.07) is 15.2. The van der Waals surface area contributed by atoms with Crippen LogP contribution in [-0.2, 0) is 6.42 Å². The van der Waals surface area contributed by atoms with E-state index >= 15 is 0 Å².